The van der Waals surface area contributed by atoms with Crippen LogP contribution in [0.4, 0.5) is 5.69 Å². The molecule has 1 atom stereocenters. The van der Waals surface area contributed by atoms with E-state index in [1.54, 1.807) is 24.4 Å². The van der Waals surface area contributed by atoms with Crippen LogP contribution in [-0.2, 0) is 0 Å². The van der Waals surface area contributed by atoms with Crippen LogP contribution in [0.2, 0.25) is 5.02 Å². The summed E-state index contributed by atoms with van der Waals surface area (Å²) >= 11 is 6.01. The molecule has 21 heavy (non-hydrogen) atoms. The van der Waals surface area contributed by atoms with E-state index in [-0.39, 0.29) is 11.9 Å². The number of hydrogen-bond donors (Lipinski definition) is 1. The standard InChI is InChI=1S/C16H16ClN3O/c17-13-9-11(5-6-14(13)18)16(21)20-8-2-4-15(20)12-3-1-7-19-10-12/h1,3,5-7,9-10,15H,2,4,8,18H2. The molecule has 1 unspecified atom stereocenters. The van der Waals surface area contributed by atoms with Gasteiger partial charge in [0.2, 0.25) is 0 Å². The summed E-state index contributed by atoms with van der Waals surface area (Å²) in [6, 6.07) is 9.03. The minimum Gasteiger partial charge on any atom is -0.398 e. The number of carbonyl (C=O) groups excluding carboxylic acids is 1. The number of nitrogens with two attached hydrogens (primary N) is 1. The van der Waals surface area contributed by atoms with Crippen LogP contribution in [0, 0.1) is 0 Å². The van der Waals surface area contributed by atoms with Crippen molar-refractivity contribution in [3.8, 4) is 0 Å². The first kappa shape index (κ1) is 13.9. The fourth-order valence-electron chi connectivity index (χ4n) is 2.76. The summed E-state index contributed by atoms with van der Waals surface area (Å²) in [5.41, 5.74) is 7.83. The highest BCUT2D eigenvalue weighted by molar-refractivity contribution is 6.33. The third-order valence-electron chi connectivity index (χ3n) is 3.83. The van der Waals surface area contributed by atoms with Gasteiger partial charge in [-0.1, -0.05) is 17.7 Å². The summed E-state index contributed by atoms with van der Waals surface area (Å²) in [6.07, 6.45) is 5.52. The molecule has 0 radical (unpaired) electrons. The lowest BCUT2D eigenvalue weighted by Crippen LogP contribution is -2.30. The maximum Gasteiger partial charge on any atom is 0.254 e. The monoisotopic (exact) mass is 301 g/mol. The fourth-order valence-corrected chi connectivity index (χ4v) is 2.94. The highest BCUT2D eigenvalue weighted by Gasteiger charge is 2.30. The Bertz CT molecular complexity index is 660. The van der Waals surface area contributed by atoms with E-state index in [1.165, 1.54) is 0 Å². The molecule has 2 aromatic rings. The number of benzene rings is 1. The summed E-state index contributed by atoms with van der Waals surface area (Å²) in [4.78, 5) is 18.7. The molecule has 0 bridgehead atoms. The van der Waals surface area contributed by atoms with Crippen molar-refractivity contribution in [2.45, 2.75) is 18.9 Å². The Morgan fingerprint density at radius 3 is 2.95 bits per heavy atom. The van der Waals surface area contributed by atoms with Gasteiger partial charge >= 0.3 is 0 Å². The number of aromatic nitrogens is 1. The third-order valence-corrected chi connectivity index (χ3v) is 4.16. The molecule has 1 fully saturated rings. The van der Waals surface area contributed by atoms with Crippen LogP contribution >= 0.6 is 11.6 Å². The summed E-state index contributed by atoms with van der Waals surface area (Å²) in [5.74, 6) is -0.0109. The first-order valence-corrected chi connectivity index (χ1v) is 7.30. The van der Waals surface area contributed by atoms with E-state index in [9.17, 15) is 4.79 Å². The lowest BCUT2D eigenvalue weighted by atomic mass is 10.1. The first-order valence-electron chi connectivity index (χ1n) is 6.93. The lowest BCUT2D eigenvalue weighted by Gasteiger charge is -2.25. The zero-order valence-electron chi connectivity index (χ0n) is 11.5. The Balaban J connectivity index is 1.88. The van der Waals surface area contributed by atoms with Crippen molar-refractivity contribution in [3.05, 3.63) is 58.9 Å². The maximum absolute atomic E-state index is 12.7. The molecule has 1 aliphatic heterocycles. The molecule has 5 heteroatoms. The summed E-state index contributed by atoms with van der Waals surface area (Å²) < 4.78 is 0. The molecular weight excluding hydrogens is 286 g/mol. The summed E-state index contributed by atoms with van der Waals surface area (Å²) in [5, 5.41) is 0.415. The average molecular weight is 302 g/mol. The summed E-state index contributed by atoms with van der Waals surface area (Å²) in [7, 11) is 0. The van der Waals surface area contributed by atoms with Crippen molar-refractivity contribution in [1.29, 1.82) is 0 Å². The molecule has 4 nitrogen and oxygen atoms in total. The highest BCUT2D eigenvalue weighted by atomic mass is 35.5. The normalized spacial score (nSPS) is 18.0. The average Bonchev–Trinajstić information content (AvgIpc) is 2.99. The van der Waals surface area contributed by atoms with Gasteiger partial charge in [0, 0.05) is 24.5 Å². The Labute approximate surface area is 128 Å². The number of halogens is 1. The van der Waals surface area contributed by atoms with Gasteiger partial charge in [0.1, 0.15) is 0 Å². The van der Waals surface area contributed by atoms with E-state index in [0.29, 0.717) is 16.3 Å². The number of anilines is 1. The van der Waals surface area contributed by atoms with E-state index >= 15 is 0 Å². The van der Waals surface area contributed by atoms with E-state index in [1.807, 2.05) is 23.2 Å². The number of pyridine rings is 1. The molecule has 2 N–H and O–H groups in total. The second-order valence-corrected chi connectivity index (χ2v) is 5.59. The Morgan fingerprint density at radius 1 is 1.38 bits per heavy atom. The van der Waals surface area contributed by atoms with Gasteiger partial charge in [-0.05, 0) is 42.7 Å². The number of amides is 1. The van der Waals surface area contributed by atoms with Crippen LogP contribution in [0.3, 0.4) is 0 Å². The van der Waals surface area contributed by atoms with Crippen LogP contribution in [0.15, 0.2) is 42.7 Å². The second-order valence-electron chi connectivity index (χ2n) is 5.18. The predicted molar refractivity (Wildman–Crippen MR) is 83.1 cm³/mol. The second kappa shape index (κ2) is 5.74. The molecule has 1 aliphatic rings. The van der Waals surface area contributed by atoms with Crippen molar-refractivity contribution >= 4 is 23.2 Å². The zero-order chi connectivity index (χ0) is 14.8. The number of carbonyl (C=O) groups is 1. The van der Waals surface area contributed by atoms with Crippen molar-refractivity contribution in [2.24, 2.45) is 0 Å². The van der Waals surface area contributed by atoms with E-state index in [0.717, 1.165) is 24.9 Å². The number of hydrogen-bond acceptors (Lipinski definition) is 3. The zero-order valence-corrected chi connectivity index (χ0v) is 12.3. The van der Waals surface area contributed by atoms with Crippen LogP contribution in [0.1, 0.15) is 34.8 Å². The fraction of sp³-hybridized carbons (Fsp3) is 0.250. The van der Waals surface area contributed by atoms with Gasteiger partial charge in [-0.25, -0.2) is 0 Å². The molecule has 1 aromatic heterocycles. The number of nitrogens with zero attached hydrogens (tertiary/aromatic N) is 2. The van der Waals surface area contributed by atoms with Crippen LogP contribution in [0.5, 0.6) is 0 Å². The van der Waals surface area contributed by atoms with Crippen LogP contribution in [-0.4, -0.2) is 22.3 Å². The van der Waals surface area contributed by atoms with Crippen LogP contribution < -0.4 is 5.73 Å². The van der Waals surface area contributed by atoms with Gasteiger partial charge in [-0.15, -0.1) is 0 Å². The van der Waals surface area contributed by atoms with E-state index < -0.39 is 0 Å². The SMILES string of the molecule is Nc1ccc(C(=O)N2CCCC2c2cccnc2)cc1Cl. The molecular formula is C16H16ClN3O. The largest absolute Gasteiger partial charge is 0.398 e. The molecule has 1 aromatic carbocycles. The number of likely N-dealkylation sites (tertiary alicyclic amines) is 1. The Morgan fingerprint density at radius 2 is 2.24 bits per heavy atom. The van der Waals surface area contributed by atoms with Crippen molar-refractivity contribution in [1.82, 2.24) is 9.88 Å². The highest BCUT2D eigenvalue weighted by Crippen LogP contribution is 2.33. The quantitative estimate of drug-likeness (QED) is 0.866. The molecule has 2 heterocycles. The summed E-state index contributed by atoms with van der Waals surface area (Å²) in [6.45, 7) is 0.750. The van der Waals surface area contributed by atoms with Gasteiger partial charge in [0.25, 0.3) is 5.91 Å². The van der Waals surface area contributed by atoms with Crippen molar-refractivity contribution < 1.29 is 4.79 Å². The third kappa shape index (κ3) is 2.72. The van der Waals surface area contributed by atoms with Gasteiger partial charge in [0.15, 0.2) is 0 Å². The first-order chi connectivity index (χ1) is 10.2. The van der Waals surface area contributed by atoms with Crippen LogP contribution in [0.25, 0.3) is 0 Å². The number of rotatable bonds is 2. The number of nitrogen functional groups attached to an aromatic ring is 1. The topological polar surface area (TPSA) is 59.2 Å². The molecule has 0 spiro atoms. The Kier molecular flexibility index (Phi) is 3.80. The van der Waals surface area contributed by atoms with Gasteiger partial charge in [-0.2, -0.15) is 0 Å². The van der Waals surface area contributed by atoms with Crippen molar-refractivity contribution in [2.75, 3.05) is 12.3 Å². The van der Waals surface area contributed by atoms with E-state index in [2.05, 4.69) is 4.98 Å². The smallest absolute Gasteiger partial charge is 0.254 e. The minimum atomic E-state index is -0.0109. The van der Waals surface area contributed by atoms with Crippen molar-refractivity contribution in [3.63, 3.8) is 0 Å². The maximum atomic E-state index is 12.7. The molecule has 1 amide bonds. The van der Waals surface area contributed by atoms with Gasteiger partial charge < -0.3 is 10.6 Å². The van der Waals surface area contributed by atoms with E-state index in [4.69, 9.17) is 17.3 Å². The predicted octanol–water partition coefficient (Wildman–Crippen LogP) is 3.29. The molecule has 0 aliphatic carbocycles. The minimum absolute atomic E-state index is 0.0109. The molecule has 108 valence electrons. The van der Waals surface area contributed by atoms with Gasteiger partial charge in [0.05, 0.1) is 16.8 Å². The van der Waals surface area contributed by atoms with Gasteiger partial charge in [-0.3, -0.25) is 9.78 Å². The Hall–Kier alpha value is -2.07. The molecule has 3 rings (SSSR count). The molecule has 1 saturated heterocycles. The lowest BCUT2D eigenvalue weighted by molar-refractivity contribution is 0.0735. The molecule has 0 saturated carbocycles.